The minimum atomic E-state index is 0.995. The normalized spacial score (nSPS) is 11.9. The Labute approximate surface area is 49.9 Å². The topological polar surface area (TPSA) is 23.8 Å². The van der Waals surface area contributed by atoms with Gasteiger partial charge in [-0.25, -0.2) is 0 Å². The van der Waals surface area contributed by atoms with Gasteiger partial charge in [0, 0.05) is 6.08 Å². The first-order valence-electron chi connectivity index (χ1n) is 2.50. The quantitative estimate of drug-likeness (QED) is 0.371. The van der Waals surface area contributed by atoms with Gasteiger partial charge in [0.05, 0.1) is 6.07 Å². The molecule has 0 aliphatic heterocycles. The van der Waals surface area contributed by atoms with E-state index in [-0.39, 0.29) is 0 Å². The van der Waals surface area contributed by atoms with E-state index in [1.807, 2.05) is 32.1 Å². The lowest BCUT2D eigenvalue weighted by Crippen LogP contribution is -1.62. The van der Waals surface area contributed by atoms with Gasteiger partial charge in [0.1, 0.15) is 0 Å². The average Bonchev–Trinajstić information content (AvgIpc) is 1.68. The number of allylic oxidation sites excluding steroid dienone is 4. The van der Waals surface area contributed by atoms with Gasteiger partial charge in [-0.15, -0.1) is 0 Å². The molecule has 0 N–H and O–H groups in total. The summed E-state index contributed by atoms with van der Waals surface area (Å²) in [5.41, 5.74) is 0.995. The van der Waals surface area contributed by atoms with E-state index in [4.69, 9.17) is 5.26 Å². The van der Waals surface area contributed by atoms with Crippen LogP contribution in [-0.4, -0.2) is 0 Å². The molecular weight excluding hydrogens is 98.1 g/mol. The lowest BCUT2D eigenvalue weighted by atomic mass is 10.3. The van der Waals surface area contributed by atoms with E-state index in [1.165, 1.54) is 6.08 Å². The summed E-state index contributed by atoms with van der Waals surface area (Å²) in [6.07, 6.45) is 5.31. The Morgan fingerprint density at radius 1 is 1.62 bits per heavy atom. The van der Waals surface area contributed by atoms with Gasteiger partial charge in [0.2, 0.25) is 0 Å². The number of nitrogens with zero attached hydrogens (tertiary/aromatic N) is 1. The first kappa shape index (κ1) is 6.97. The van der Waals surface area contributed by atoms with Gasteiger partial charge in [-0.1, -0.05) is 12.2 Å². The summed E-state index contributed by atoms with van der Waals surface area (Å²) in [4.78, 5) is 0. The maximum atomic E-state index is 8.10. The van der Waals surface area contributed by atoms with Crippen molar-refractivity contribution < 1.29 is 0 Å². The van der Waals surface area contributed by atoms with E-state index in [0.29, 0.717) is 0 Å². The Kier molecular flexibility index (Phi) is 3.60. The molecule has 1 heteroatoms. The minimum absolute atomic E-state index is 0.995. The van der Waals surface area contributed by atoms with Gasteiger partial charge in [0.25, 0.3) is 0 Å². The van der Waals surface area contributed by atoms with Gasteiger partial charge in [-0.05, 0) is 19.4 Å². The van der Waals surface area contributed by atoms with Crippen LogP contribution in [0.3, 0.4) is 0 Å². The molecule has 0 amide bonds. The van der Waals surface area contributed by atoms with E-state index < -0.39 is 0 Å². The van der Waals surface area contributed by atoms with Crippen LogP contribution >= 0.6 is 0 Å². The predicted octanol–water partition coefficient (Wildman–Crippen LogP) is 2.03. The predicted molar refractivity (Wildman–Crippen MR) is 34.2 cm³/mol. The van der Waals surface area contributed by atoms with Gasteiger partial charge in [-0.2, -0.15) is 5.26 Å². The second kappa shape index (κ2) is 4.14. The molecule has 0 bridgehead atoms. The van der Waals surface area contributed by atoms with Crippen molar-refractivity contribution in [3.8, 4) is 6.07 Å². The zero-order valence-corrected chi connectivity index (χ0v) is 5.18. The molecule has 8 heavy (non-hydrogen) atoms. The first-order chi connectivity index (χ1) is 3.81. The number of nitriles is 1. The highest BCUT2D eigenvalue weighted by atomic mass is 14.2. The van der Waals surface area contributed by atoms with Crippen molar-refractivity contribution >= 4 is 0 Å². The highest BCUT2D eigenvalue weighted by Gasteiger charge is 1.73. The molecule has 0 aromatic carbocycles. The van der Waals surface area contributed by atoms with E-state index in [1.54, 1.807) is 0 Å². The molecule has 0 saturated carbocycles. The molecule has 0 aromatic heterocycles. The van der Waals surface area contributed by atoms with Gasteiger partial charge >= 0.3 is 0 Å². The molecule has 0 aliphatic carbocycles. The van der Waals surface area contributed by atoms with E-state index in [2.05, 4.69) is 0 Å². The summed E-state index contributed by atoms with van der Waals surface area (Å²) in [6, 6.07) is 1.94. The van der Waals surface area contributed by atoms with Crippen LogP contribution < -0.4 is 0 Å². The van der Waals surface area contributed by atoms with Crippen LogP contribution in [0, 0.1) is 11.3 Å². The third-order valence-corrected chi connectivity index (χ3v) is 0.722. The minimum Gasteiger partial charge on any atom is -0.193 e. The fourth-order valence-corrected chi connectivity index (χ4v) is 0.413. The van der Waals surface area contributed by atoms with Crippen molar-refractivity contribution in [2.24, 2.45) is 0 Å². The fraction of sp³-hybridized carbons (Fsp3) is 0.286. The maximum Gasteiger partial charge on any atom is 0.0914 e. The van der Waals surface area contributed by atoms with Crippen LogP contribution in [0.5, 0.6) is 0 Å². The van der Waals surface area contributed by atoms with Gasteiger partial charge in [0.15, 0.2) is 0 Å². The Morgan fingerprint density at radius 2 is 2.25 bits per heavy atom. The zero-order valence-electron chi connectivity index (χ0n) is 5.18. The largest absolute Gasteiger partial charge is 0.193 e. The van der Waals surface area contributed by atoms with Crippen molar-refractivity contribution in [1.82, 2.24) is 0 Å². The highest BCUT2D eigenvalue weighted by Crippen LogP contribution is 1.91. The standard InChI is InChI=1S/C7H9N/c1-3-4-7(2)5-6-8/h3-5H,1-2H3/b4-3-,7-5-. The molecule has 0 rings (SSSR count). The van der Waals surface area contributed by atoms with Gasteiger partial charge in [-0.3, -0.25) is 0 Å². The zero-order chi connectivity index (χ0) is 6.41. The molecule has 0 radical (unpaired) electrons. The van der Waals surface area contributed by atoms with Crippen LogP contribution in [0.2, 0.25) is 0 Å². The molecule has 0 heterocycles. The van der Waals surface area contributed by atoms with Gasteiger partial charge < -0.3 is 0 Å². The lowest BCUT2D eigenvalue weighted by molar-refractivity contribution is 1.47. The summed E-state index contributed by atoms with van der Waals surface area (Å²) >= 11 is 0. The van der Waals surface area contributed by atoms with Crippen LogP contribution in [-0.2, 0) is 0 Å². The third kappa shape index (κ3) is 3.17. The Hall–Kier alpha value is -1.03. The average molecular weight is 107 g/mol. The summed E-state index contributed by atoms with van der Waals surface area (Å²) in [6.45, 7) is 3.82. The first-order valence-corrected chi connectivity index (χ1v) is 2.50. The lowest BCUT2D eigenvalue weighted by Gasteiger charge is -1.79. The molecule has 1 nitrogen and oxygen atoms in total. The molecule has 0 fully saturated rings. The molecule has 0 aliphatic rings. The summed E-state index contributed by atoms with van der Waals surface area (Å²) in [5, 5.41) is 8.10. The van der Waals surface area contributed by atoms with Crippen LogP contribution in [0.4, 0.5) is 0 Å². The van der Waals surface area contributed by atoms with Crippen LogP contribution in [0.25, 0.3) is 0 Å². The Bertz CT molecular complexity index is 146. The Balaban J connectivity index is 3.85. The smallest absolute Gasteiger partial charge is 0.0914 e. The van der Waals surface area contributed by atoms with Crippen molar-refractivity contribution in [3.63, 3.8) is 0 Å². The second-order valence-corrected chi connectivity index (χ2v) is 1.52. The summed E-state index contributed by atoms with van der Waals surface area (Å²) in [5.74, 6) is 0. The Morgan fingerprint density at radius 3 is 2.62 bits per heavy atom. The SMILES string of the molecule is C/C=C\C(C)=C/C#N. The number of hydrogen-bond donors (Lipinski definition) is 0. The monoisotopic (exact) mass is 107 g/mol. The number of hydrogen-bond acceptors (Lipinski definition) is 1. The maximum absolute atomic E-state index is 8.10. The van der Waals surface area contributed by atoms with E-state index in [9.17, 15) is 0 Å². The third-order valence-electron chi connectivity index (χ3n) is 0.722. The van der Waals surface area contributed by atoms with Crippen molar-refractivity contribution in [2.45, 2.75) is 13.8 Å². The highest BCUT2D eigenvalue weighted by molar-refractivity contribution is 5.21. The van der Waals surface area contributed by atoms with Crippen molar-refractivity contribution in [2.75, 3.05) is 0 Å². The summed E-state index contributed by atoms with van der Waals surface area (Å²) < 4.78 is 0. The molecule has 42 valence electrons. The molecule has 0 spiro atoms. The van der Waals surface area contributed by atoms with E-state index >= 15 is 0 Å². The second-order valence-electron chi connectivity index (χ2n) is 1.52. The van der Waals surface area contributed by atoms with E-state index in [0.717, 1.165) is 5.57 Å². The van der Waals surface area contributed by atoms with Crippen LogP contribution in [0.15, 0.2) is 23.8 Å². The van der Waals surface area contributed by atoms with Crippen molar-refractivity contribution in [1.29, 1.82) is 5.26 Å². The molecule has 0 saturated heterocycles. The molecule has 0 aromatic rings. The number of rotatable bonds is 1. The molecule has 0 unspecified atom stereocenters. The molecular formula is C7H9N. The summed E-state index contributed by atoms with van der Waals surface area (Å²) in [7, 11) is 0. The fourth-order valence-electron chi connectivity index (χ4n) is 0.413. The molecule has 0 atom stereocenters. The van der Waals surface area contributed by atoms with Crippen LogP contribution in [0.1, 0.15) is 13.8 Å². The van der Waals surface area contributed by atoms with Crippen molar-refractivity contribution in [3.05, 3.63) is 23.8 Å².